The van der Waals surface area contributed by atoms with Crippen LogP contribution < -0.4 is 14.8 Å². The van der Waals surface area contributed by atoms with Crippen molar-refractivity contribution < 1.29 is 23.1 Å². The standard InChI is InChI=1S/C12H18N2O5S/c1-9(12(16)13-7-8-15)14-20(17,18)11-5-3-10(19-2)4-6-11/h3-6,9,14-15H,7-8H2,1-2H3,(H,13,16)/t9-/m0/s1. The highest BCUT2D eigenvalue weighted by atomic mass is 32.2. The molecular weight excluding hydrogens is 284 g/mol. The third kappa shape index (κ3) is 4.48. The van der Waals surface area contributed by atoms with Crippen LogP contribution in [-0.4, -0.2) is 45.7 Å². The number of sulfonamides is 1. The van der Waals surface area contributed by atoms with E-state index in [0.717, 1.165) is 0 Å². The molecule has 0 spiro atoms. The van der Waals surface area contributed by atoms with Crippen molar-refractivity contribution in [2.45, 2.75) is 17.9 Å². The number of nitrogens with one attached hydrogen (secondary N) is 2. The quantitative estimate of drug-likeness (QED) is 0.628. The third-order valence-corrected chi connectivity index (χ3v) is 4.06. The van der Waals surface area contributed by atoms with Crippen LogP contribution in [0.1, 0.15) is 6.92 Å². The van der Waals surface area contributed by atoms with Crippen LogP contribution in [0.3, 0.4) is 0 Å². The molecule has 1 aromatic carbocycles. The van der Waals surface area contributed by atoms with E-state index >= 15 is 0 Å². The van der Waals surface area contributed by atoms with Crippen LogP contribution >= 0.6 is 0 Å². The summed E-state index contributed by atoms with van der Waals surface area (Å²) in [5.41, 5.74) is 0. The fourth-order valence-corrected chi connectivity index (χ4v) is 2.64. The first kappa shape index (κ1) is 16.4. The molecule has 1 rings (SSSR count). The number of aliphatic hydroxyl groups is 1. The van der Waals surface area contributed by atoms with Crippen molar-refractivity contribution in [1.82, 2.24) is 10.0 Å². The van der Waals surface area contributed by atoms with Gasteiger partial charge in [0, 0.05) is 6.54 Å². The first-order valence-corrected chi connectivity index (χ1v) is 7.44. The number of benzene rings is 1. The van der Waals surface area contributed by atoms with Gasteiger partial charge in [0.25, 0.3) is 0 Å². The topological polar surface area (TPSA) is 105 Å². The van der Waals surface area contributed by atoms with Gasteiger partial charge in [-0.05, 0) is 31.2 Å². The second-order valence-electron chi connectivity index (χ2n) is 4.03. The summed E-state index contributed by atoms with van der Waals surface area (Å²) in [7, 11) is -2.30. The van der Waals surface area contributed by atoms with E-state index in [-0.39, 0.29) is 18.0 Å². The fraction of sp³-hybridized carbons (Fsp3) is 0.417. The number of rotatable bonds is 7. The van der Waals surface area contributed by atoms with E-state index in [0.29, 0.717) is 5.75 Å². The van der Waals surface area contributed by atoms with Crippen molar-refractivity contribution in [1.29, 1.82) is 0 Å². The minimum absolute atomic E-state index is 0.0418. The normalized spacial score (nSPS) is 12.8. The molecule has 3 N–H and O–H groups in total. The molecule has 0 saturated heterocycles. The minimum atomic E-state index is -3.78. The zero-order valence-corrected chi connectivity index (χ0v) is 12.1. The van der Waals surface area contributed by atoms with Gasteiger partial charge in [-0.25, -0.2) is 8.42 Å². The van der Waals surface area contributed by atoms with E-state index in [1.54, 1.807) is 0 Å². The minimum Gasteiger partial charge on any atom is -0.497 e. The van der Waals surface area contributed by atoms with Crippen LogP contribution in [0, 0.1) is 0 Å². The number of hydrogen-bond acceptors (Lipinski definition) is 5. The Morgan fingerprint density at radius 3 is 2.45 bits per heavy atom. The summed E-state index contributed by atoms with van der Waals surface area (Å²) < 4.78 is 31.3. The molecule has 0 aliphatic heterocycles. The van der Waals surface area contributed by atoms with Crippen molar-refractivity contribution in [3.63, 3.8) is 0 Å². The fourth-order valence-electron chi connectivity index (χ4n) is 1.44. The number of amides is 1. The van der Waals surface area contributed by atoms with Crippen LogP contribution in [0.25, 0.3) is 0 Å². The van der Waals surface area contributed by atoms with Gasteiger partial charge in [0.15, 0.2) is 0 Å². The molecule has 0 aromatic heterocycles. The maximum absolute atomic E-state index is 12.0. The monoisotopic (exact) mass is 302 g/mol. The number of carbonyl (C=O) groups excluding carboxylic acids is 1. The lowest BCUT2D eigenvalue weighted by atomic mass is 10.3. The molecule has 0 saturated carbocycles. The van der Waals surface area contributed by atoms with Gasteiger partial charge in [0.2, 0.25) is 15.9 Å². The Morgan fingerprint density at radius 1 is 1.35 bits per heavy atom. The predicted octanol–water partition coefficient (Wildman–Crippen LogP) is -0.529. The highest BCUT2D eigenvalue weighted by Gasteiger charge is 2.21. The van der Waals surface area contributed by atoms with E-state index < -0.39 is 22.0 Å². The lowest BCUT2D eigenvalue weighted by Crippen LogP contribution is -2.45. The first-order chi connectivity index (χ1) is 9.40. The van der Waals surface area contributed by atoms with E-state index in [2.05, 4.69) is 10.0 Å². The lowest BCUT2D eigenvalue weighted by molar-refractivity contribution is -0.122. The van der Waals surface area contributed by atoms with Crippen molar-refractivity contribution in [2.24, 2.45) is 0 Å². The van der Waals surface area contributed by atoms with E-state index in [4.69, 9.17) is 9.84 Å². The Morgan fingerprint density at radius 2 is 1.95 bits per heavy atom. The zero-order chi connectivity index (χ0) is 15.2. The number of ether oxygens (including phenoxy) is 1. The summed E-state index contributed by atoms with van der Waals surface area (Å²) in [5.74, 6) is 0.0359. The van der Waals surface area contributed by atoms with Crippen molar-refractivity contribution in [3.8, 4) is 5.75 Å². The van der Waals surface area contributed by atoms with Gasteiger partial charge in [0.1, 0.15) is 5.75 Å². The first-order valence-electron chi connectivity index (χ1n) is 5.95. The Bertz CT molecular complexity index is 541. The molecule has 7 nitrogen and oxygen atoms in total. The molecule has 0 unspecified atom stereocenters. The van der Waals surface area contributed by atoms with Crippen molar-refractivity contribution in [2.75, 3.05) is 20.3 Å². The summed E-state index contributed by atoms with van der Waals surface area (Å²) in [4.78, 5) is 11.6. The van der Waals surface area contributed by atoms with Gasteiger partial charge < -0.3 is 15.2 Å². The molecule has 1 amide bonds. The van der Waals surface area contributed by atoms with Crippen LogP contribution in [0.5, 0.6) is 5.75 Å². The van der Waals surface area contributed by atoms with Gasteiger partial charge in [0.05, 0.1) is 24.7 Å². The molecule has 0 radical (unpaired) electrons. The van der Waals surface area contributed by atoms with E-state index in [1.807, 2.05) is 0 Å². The Labute approximate surface area is 118 Å². The highest BCUT2D eigenvalue weighted by molar-refractivity contribution is 7.89. The second kappa shape index (κ2) is 7.22. The Balaban J connectivity index is 2.75. The van der Waals surface area contributed by atoms with E-state index in [1.165, 1.54) is 38.3 Å². The van der Waals surface area contributed by atoms with Crippen molar-refractivity contribution in [3.05, 3.63) is 24.3 Å². The average Bonchev–Trinajstić information content (AvgIpc) is 2.44. The molecule has 20 heavy (non-hydrogen) atoms. The predicted molar refractivity (Wildman–Crippen MR) is 72.9 cm³/mol. The molecule has 0 aliphatic carbocycles. The summed E-state index contributed by atoms with van der Waals surface area (Å²) >= 11 is 0. The van der Waals surface area contributed by atoms with Crippen LogP contribution in [0.2, 0.25) is 0 Å². The molecule has 0 aliphatic rings. The maximum Gasteiger partial charge on any atom is 0.241 e. The highest BCUT2D eigenvalue weighted by Crippen LogP contribution is 2.15. The van der Waals surface area contributed by atoms with Crippen molar-refractivity contribution >= 4 is 15.9 Å². The molecule has 1 atom stereocenters. The summed E-state index contributed by atoms with van der Waals surface area (Å²) in [6, 6.07) is 4.88. The Hall–Kier alpha value is -1.64. The molecule has 0 heterocycles. The molecule has 112 valence electrons. The number of hydrogen-bond donors (Lipinski definition) is 3. The van der Waals surface area contributed by atoms with Crippen LogP contribution in [0.15, 0.2) is 29.2 Å². The number of methoxy groups -OCH3 is 1. The van der Waals surface area contributed by atoms with Gasteiger partial charge in [-0.15, -0.1) is 0 Å². The van der Waals surface area contributed by atoms with Crippen LogP contribution in [-0.2, 0) is 14.8 Å². The summed E-state index contributed by atoms with van der Waals surface area (Å²) in [6.07, 6.45) is 0. The number of carbonyl (C=O) groups is 1. The molecule has 1 aromatic rings. The zero-order valence-electron chi connectivity index (χ0n) is 11.3. The molecule has 8 heteroatoms. The summed E-state index contributed by atoms with van der Waals surface area (Å²) in [6.45, 7) is 1.30. The molecular formula is C12H18N2O5S. The van der Waals surface area contributed by atoms with E-state index in [9.17, 15) is 13.2 Å². The maximum atomic E-state index is 12.0. The van der Waals surface area contributed by atoms with Gasteiger partial charge in [-0.1, -0.05) is 0 Å². The smallest absolute Gasteiger partial charge is 0.241 e. The van der Waals surface area contributed by atoms with Gasteiger partial charge in [-0.2, -0.15) is 4.72 Å². The molecule has 0 bridgehead atoms. The largest absolute Gasteiger partial charge is 0.497 e. The Kier molecular flexibility index (Phi) is 5.93. The second-order valence-corrected chi connectivity index (χ2v) is 5.75. The van der Waals surface area contributed by atoms with Gasteiger partial charge >= 0.3 is 0 Å². The van der Waals surface area contributed by atoms with Gasteiger partial charge in [-0.3, -0.25) is 4.79 Å². The van der Waals surface area contributed by atoms with Crippen LogP contribution in [0.4, 0.5) is 0 Å². The lowest BCUT2D eigenvalue weighted by Gasteiger charge is -2.14. The third-order valence-electron chi connectivity index (χ3n) is 2.51. The SMILES string of the molecule is COc1ccc(S(=O)(=O)N[C@@H](C)C(=O)NCCO)cc1. The molecule has 0 fully saturated rings. The average molecular weight is 302 g/mol. The summed E-state index contributed by atoms with van der Waals surface area (Å²) in [5, 5.41) is 11.0. The number of aliphatic hydroxyl groups excluding tert-OH is 1.